The van der Waals surface area contributed by atoms with E-state index in [1.165, 1.54) is 28.7 Å². The molecule has 3 rings (SSSR count). The second kappa shape index (κ2) is 8.05. The average molecular weight is 388 g/mol. The molecule has 0 spiro atoms. The van der Waals surface area contributed by atoms with Gasteiger partial charge in [-0.2, -0.15) is 0 Å². The molecule has 2 aromatic heterocycles. The number of thioether (sulfide) groups is 1. The molecule has 1 aromatic carbocycles. The van der Waals surface area contributed by atoms with Crippen LogP contribution in [-0.2, 0) is 11.3 Å². The normalized spacial score (nSPS) is 11.0. The summed E-state index contributed by atoms with van der Waals surface area (Å²) in [5.41, 5.74) is 3.78. The summed E-state index contributed by atoms with van der Waals surface area (Å²) in [4.78, 5) is 29.5. The number of benzene rings is 1. The van der Waals surface area contributed by atoms with E-state index >= 15 is 0 Å². The molecule has 1 N–H and O–H groups in total. The number of hydrogen-bond acceptors (Lipinski definition) is 5. The zero-order valence-corrected chi connectivity index (χ0v) is 16.7. The van der Waals surface area contributed by atoms with E-state index in [9.17, 15) is 9.59 Å². The van der Waals surface area contributed by atoms with Gasteiger partial charge in [0.2, 0.25) is 5.91 Å². The number of thiophene rings is 1. The summed E-state index contributed by atoms with van der Waals surface area (Å²) in [5, 5.41) is 5.37. The number of aromatic nitrogens is 2. The van der Waals surface area contributed by atoms with Crippen molar-refractivity contribution in [1.82, 2.24) is 9.55 Å². The van der Waals surface area contributed by atoms with Gasteiger partial charge in [0.05, 0.1) is 11.3 Å². The van der Waals surface area contributed by atoms with Gasteiger partial charge in [0.15, 0.2) is 5.16 Å². The fraction of sp³-hybridized carbons (Fsp3) is 0.316. The van der Waals surface area contributed by atoms with Crippen molar-refractivity contribution in [3.05, 3.63) is 51.1 Å². The van der Waals surface area contributed by atoms with Crippen molar-refractivity contribution in [3.63, 3.8) is 0 Å². The standard InChI is InChI=1S/C19H21N3O2S2/c1-4-8-22-18(24)17-15(7-9-25-17)21-19(22)26-11-16(23)20-14-6-5-12(2)13(3)10-14/h5-7,9-10H,4,8,11H2,1-3H3,(H,20,23). The Labute approximate surface area is 160 Å². The van der Waals surface area contributed by atoms with Gasteiger partial charge in [-0.1, -0.05) is 24.8 Å². The first-order valence-corrected chi connectivity index (χ1v) is 10.3. The van der Waals surface area contributed by atoms with Crippen molar-refractivity contribution in [2.75, 3.05) is 11.1 Å². The Morgan fingerprint density at radius 3 is 2.81 bits per heavy atom. The molecule has 0 unspecified atom stereocenters. The topological polar surface area (TPSA) is 64.0 Å². The lowest BCUT2D eigenvalue weighted by molar-refractivity contribution is -0.113. The molecule has 5 nitrogen and oxygen atoms in total. The predicted molar refractivity (Wildman–Crippen MR) is 109 cm³/mol. The maximum Gasteiger partial charge on any atom is 0.272 e. The van der Waals surface area contributed by atoms with Crippen LogP contribution in [-0.4, -0.2) is 21.2 Å². The Hall–Kier alpha value is -2.12. The van der Waals surface area contributed by atoms with Crippen molar-refractivity contribution in [1.29, 1.82) is 0 Å². The molecule has 0 fully saturated rings. The number of nitrogens with one attached hydrogen (secondary N) is 1. The fourth-order valence-corrected chi connectivity index (χ4v) is 4.20. The lowest BCUT2D eigenvalue weighted by atomic mass is 10.1. The lowest BCUT2D eigenvalue weighted by Crippen LogP contribution is -2.23. The molecule has 0 aliphatic heterocycles. The Bertz CT molecular complexity index is 1010. The predicted octanol–water partition coefficient (Wildman–Crippen LogP) is 4.22. The minimum absolute atomic E-state index is 0.0242. The van der Waals surface area contributed by atoms with E-state index in [1.807, 2.05) is 50.4 Å². The summed E-state index contributed by atoms with van der Waals surface area (Å²) in [6.07, 6.45) is 0.834. The molecule has 136 valence electrons. The van der Waals surface area contributed by atoms with Crippen LogP contribution in [0.2, 0.25) is 0 Å². The molecule has 0 radical (unpaired) electrons. The molecule has 0 saturated carbocycles. The zero-order chi connectivity index (χ0) is 18.7. The average Bonchev–Trinajstić information content (AvgIpc) is 3.08. The Kier molecular flexibility index (Phi) is 5.78. The maximum absolute atomic E-state index is 12.6. The smallest absolute Gasteiger partial charge is 0.272 e. The molecule has 1 amide bonds. The highest BCUT2D eigenvalue weighted by atomic mass is 32.2. The van der Waals surface area contributed by atoms with Crippen LogP contribution in [0.4, 0.5) is 5.69 Å². The summed E-state index contributed by atoms with van der Waals surface area (Å²) in [6, 6.07) is 7.69. The van der Waals surface area contributed by atoms with E-state index in [0.29, 0.717) is 21.9 Å². The van der Waals surface area contributed by atoms with Gasteiger partial charge in [0, 0.05) is 12.2 Å². The third kappa shape index (κ3) is 3.99. The number of anilines is 1. The SMILES string of the molecule is CCCn1c(SCC(=O)Nc2ccc(C)c(C)c2)nc2ccsc2c1=O. The molecule has 26 heavy (non-hydrogen) atoms. The summed E-state index contributed by atoms with van der Waals surface area (Å²) < 4.78 is 2.34. The monoisotopic (exact) mass is 387 g/mol. The van der Waals surface area contributed by atoms with Crippen LogP contribution in [0.5, 0.6) is 0 Å². The van der Waals surface area contributed by atoms with Gasteiger partial charge in [-0.3, -0.25) is 14.2 Å². The van der Waals surface area contributed by atoms with E-state index in [2.05, 4.69) is 10.3 Å². The first-order valence-electron chi connectivity index (χ1n) is 8.47. The zero-order valence-electron chi connectivity index (χ0n) is 15.0. The highest BCUT2D eigenvalue weighted by Crippen LogP contribution is 2.22. The number of hydrogen-bond donors (Lipinski definition) is 1. The van der Waals surface area contributed by atoms with E-state index in [4.69, 9.17) is 0 Å². The summed E-state index contributed by atoms with van der Waals surface area (Å²) in [5.74, 6) is 0.0968. The van der Waals surface area contributed by atoms with Gasteiger partial charge in [0.1, 0.15) is 4.70 Å². The van der Waals surface area contributed by atoms with Crippen LogP contribution in [0.3, 0.4) is 0 Å². The highest BCUT2D eigenvalue weighted by Gasteiger charge is 2.14. The van der Waals surface area contributed by atoms with Gasteiger partial charge in [-0.05, 0) is 55.0 Å². The third-order valence-corrected chi connectivity index (χ3v) is 5.97. The number of carbonyl (C=O) groups excluding carboxylic acids is 1. The minimum atomic E-state index is -0.110. The van der Waals surface area contributed by atoms with E-state index in [1.54, 1.807) is 4.57 Å². The summed E-state index contributed by atoms with van der Waals surface area (Å²) in [6.45, 7) is 6.67. The van der Waals surface area contributed by atoms with Crippen molar-refractivity contribution in [3.8, 4) is 0 Å². The lowest BCUT2D eigenvalue weighted by Gasteiger charge is -2.11. The first kappa shape index (κ1) is 18.7. The molecule has 7 heteroatoms. The van der Waals surface area contributed by atoms with Crippen molar-refractivity contribution in [2.24, 2.45) is 0 Å². The van der Waals surface area contributed by atoms with Crippen LogP contribution < -0.4 is 10.9 Å². The largest absolute Gasteiger partial charge is 0.325 e. The fourth-order valence-electron chi connectivity index (χ4n) is 2.60. The quantitative estimate of drug-likeness (QED) is 0.508. The number of nitrogens with zero attached hydrogens (tertiary/aromatic N) is 2. The van der Waals surface area contributed by atoms with Gasteiger partial charge in [0.25, 0.3) is 5.56 Å². The second-order valence-corrected chi connectivity index (χ2v) is 7.98. The number of aryl methyl sites for hydroxylation is 2. The van der Waals surface area contributed by atoms with Crippen molar-refractivity contribution in [2.45, 2.75) is 38.9 Å². The Morgan fingerprint density at radius 1 is 1.27 bits per heavy atom. The molecular formula is C19H21N3O2S2. The van der Waals surface area contributed by atoms with Crippen molar-refractivity contribution < 1.29 is 4.79 Å². The van der Waals surface area contributed by atoms with E-state index < -0.39 is 0 Å². The van der Waals surface area contributed by atoms with Gasteiger partial charge in [-0.15, -0.1) is 11.3 Å². The van der Waals surface area contributed by atoms with Crippen molar-refractivity contribution >= 4 is 44.9 Å². The Morgan fingerprint density at radius 2 is 2.08 bits per heavy atom. The van der Waals surface area contributed by atoms with Gasteiger partial charge < -0.3 is 5.32 Å². The number of rotatable bonds is 6. The minimum Gasteiger partial charge on any atom is -0.325 e. The second-order valence-electron chi connectivity index (χ2n) is 6.12. The number of carbonyl (C=O) groups is 1. The molecule has 2 heterocycles. The maximum atomic E-state index is 12.6. The number of fused-ring (bicyclic) bond motifs is 1. The molecule has 0 aliphatic rings. The highest BCUT2D eigenvalue weighted by molar-refractivity contribution is 7.99. The third-order valence-electron chi connectivity index (χ3n) is 4.10. The molecule has 0 atom stereocenters. The summed E-state index contributed by atoms with van der Waals surface area (Å²) >= 11 is 2.71. The molecule has 0 aliphatic carbocycles. The van der Waals surface area contributed by atoms with Crippen LogP contribution in [0.15, 0.2) is 39.6 Å². The molecular weight excluding hydrogens is 366 g/mol. The van der Waals surface area contributed by atoms with Gasteiger partial charge >= 0.3 is 0 Å². The Balaban J connectivity index is 1.76. The molecule has 0 bridgehead atoms. The molecule has 3 aromatic rings. The number of amides is 1. The summed E-state index contributed by atoms with van der Waals surface area (Å²) in [7, 11) is 0. The molecule has 0 saturated heterocycles. The van der Waals surface area contributed by atoms with Crippen LogP contribution >= 0.6 is 23.1 Å². The van der Waals surface area contributed by atoms with Crippen LogP contribution in [0.25, 0.3) is 10.2 Å². The van der Waals surface area contributed by atoms with E-state index in [-0.39, 0.29) is 17.2 Å². The van der Waals surface area contributed by atoms with Crippen LogP contribution in [0.1, 0.15) is 24.5 Å². The van der Waals surface area contributed by atoms with Gasteiger partial charge in [-0.25, -0.2) is 4.98 Å². The first-order chi connectivity index (χ1) is 12.5. The van der Waals surface area contributed by atoms with Crippen LogP contribution in [0, 0.1) is 13.8 Å². The van der Waals surface area contributed by atoms with E-state index in [0.717, 1.165) is 17.7 Å².